The van der Waals surface area contributed by atoms with E-state index >= 15 is 0 Å². The Labute approximate surface area is 113 Å². The molecule has 0 unspecified atom stereocenters. The van der Waals surface area contributed by atoms with Gasteiger partial charge >= 0.3 is 0 Å². The number of nitrogens with one attached hydrogen (secondary N) is 1. The summed E-state index contributed by atoms with van der Waals surface area (Å²) >= 11 is 0. The maximum absolute atomic E-state index is 11.8. The minimum atomic E-state index is -0.229. The lowest BCUT2D eigenvalue weighted by Crippen LogP contribution is -2.27. The molecule has 3 heterocycles. The van der Waals surface area contributed by atoms with Gasteiger partial charge in [-0.1, -0.05) is 0 Å². The van der Waals surface area contributed by atoms with Crippen molar-refractivity contribution in [1.82, 2.24) is 34.8 Å². The van der Waals surface area contributed by atoms with E-state index in [0.717, 1.165) is 5.52 Å². The van der Waals surface area contributed by atoms with Crippen molar-refractivity contribution < 1.29 is 4.79 Å². The van der Waals surface area contributed by atoms with Gasteiger partial charge in [0.05, 0.1) is 12.5 Å². The van der Waals surface area contributed by atoms with Gasteiger partial charge in [-0.2, -0.15) is 0 Å². The summed E-state index contributed by atoms with van der Waals surface area (Å²) < 4.78 is 1.88. The van der Waals surface area contributed by atoms with Gasteiger partial charge in [0.1, 0.15) is 23.9 Å². The molecule has 8 heteroatoms. The van der Waals surface area contributed by atoms with E-state index in [1.54, 1.807) is 18.6 Å². The molecule has 0 aromatic carbocycles. The van der Waals surface area contributed by atoms with Crippen molar-refractivity contribution in [3.05, 3.63) is 43.1 Å². The van der Waals surface area contributed by atoms with Gasteiger partial charge in [-0.15, -0.1) is 0 Å². The van der Waals surface area contributed by atoms with E-state index in [1.807, 2.05) is 4.57 Å². The first-order chi connectivity index (χ1) is 9.84. The zero-order valence-electron chi connectivity index (χ0n) is 10.5. The van der Waals surface area contributed by atoms with Gasteiger partial charge in [0.25, 0.3) is 5.91 Å². The van der Waals surface area contributed by atoms with E-state index in [0.29, 0.717) is 24.4 Å². The second-order valence-corrected chi connectivity index (χ2v) is 4.02. The van der Waals surface area contributed by atoms with Crippen LogP contribution in [0.15, 0.2) is 37.4 Å². The fourth-order valence-electron chi connectivity index (χ4n) is 1.79. The molecule has 3 aromatic heterocycles. The van der Waals surface area contributed by atoms with Crippen LogP contribution in [0.2, 0.25) is 0 Å². The van der Waals surface area contributed by atoms with Crippen LogP contribution in [0, 0.1) is 0 Å². The molecule has 0 bridgehead atoms. The summed E-state index contributed by atoms with van der Waals surface area (Å²) in [4.78, 5) is 31.6. The predicted octanol–water partition coefficient (Wildman–Crippen LogP) is 0.0463. The maximum atomic E-state index is 11.8. The van der Waals surface area contributed by atoms with Crippen molar-refractivity contribution in [3.8, 4) is 0 Å². The number of fused-ring (bicyclic) bond motifs is 1. The first kappa shape index (κ1) is 12.2. The Morgan fingerprint density at radius 2 is 2.10 bits per heavy atom. The van der Waals surface area contributed by atoms with Crippen LogP contribution in [0.1, 0.15) is 10.5 Å². The molecule has 0 aliphatic carbocycles. The molecule has 0 spiro atoms. The summed E-state index contributed by atoms with van der Waals surface area (Å²) in [6.07, 6.45) is 7.70. The van der Waals surface area contributed by atoms with Crippen molar-refractivity contribution in [2.45, 2.75) is 6.54 Å². The molecular formula is C12H11N7O. The number of hydrogen-bond acceptors (Lipinski definition) is 6. The first-order valence-electron chi connectivity index (χ1n) is 5.99. The zero-order chi connectivity index (χ0) is 13.8. The molecule has 0 saturated carbocycles. The monoisotopic (exact) mass is 269 g/mol. The minimum absolute atomic E-state index is 0.229. The van der Waals surface area contributed by atoms with Gasteiger partial charge in [0.15, 0.2) is 5.65 Å². The van der Waals surface area contributed by atoms with Gasteiger partial charge < -0.3 is 9.88 Å². The Hall–Kier alpha value is -2.90. The van der Waals surface area contributed by atoms with Crippen molar-refractivity contribution in [1.29, 1.82) is 0 Å². The highest BCUT2D eigenvalue weighted by Crippen LogP contribution is 2.06. The molecule has 100 valence electrons. The average molecular weight is 269 g/mol. The number of nitrogens with zero attached hydrogens (tertiary/aromatic N) is 6. The van der Waals surface area contributed by atoms with Crippen LogP contribution in [0.5, 0.6) is 0 Å². The number of carbonyl (C=O) groups is 1. The molecule has 1 N–H and O–H groups in total. The lowest BCUT2D eigenvalue weighted by molar-refractivity contribution is 0.0947. The Morgan fingerprint density at radius 1 is 1.20 bits per heavy atom. The third-order valence-electron chi connectivity index (χ3n) is 2.75. The predicted molar refractivity (Wildman–Crippen MR) is 69.7 cm³/mol. The van der Waals surface area contributed by atoms with Gasteiger partial charge in [-0.3, -0.25) is 4.79 Å². The van der Waals surface area contributed by atoms with Gasteiger partial charge in [-0.25, -0.2) is 24.9 Å². The molecule has 0 saturated heterocycles. The SMILES string of the molecule is O=C(NCCn1cnc2ncncc21)c1ccncn1. The Kier molecular flexibility index (Phi) is 3.27. The highest BCUT2D eigenvalue weighted by Gasteiger charge is 2.06. The van der Waals surface area contributed by atoms with Crippen LogP contribution < -0.4 is 5.32 Å². The molecule has 20 heavy (non-hydrogen) atoms. The third kappa shape index (κ3) is 2.44. The van der Waals surface area contributed by atoms with Crippen molar-refractivity contribution in [3.63, 3.8) is 0 Å². The summed E-state index contributed by atoms with van der Waals surface area (Å²) in [5.74, 6) is -0.229. The fourth-order valence-corrected chi connectivity index (χ4v) is 1.79. The second kappa shape index (κ2) is 5.39. The Morgan fingerprint density at radius 3 is 2.95 bits per heavy atom. The quantitative estimate of drug-likeness (QED) is 0.718. The minimum Gasteiger partial charge on any atom is -0.349 e. The number of hydrogen-bond donors (Lipinski definition) is 1. The van der Waals surface area contributed by atoms with Crippen LogP contribution in [-0.4, -0.2) is 41.9 Å². The molecule has 0 atom stereocenters. The van der Waals surface area contributed by atoms with Crippen LogP contribution in [0.3, 0.4) is 0 Å². The summed E-state index contributed by atoms with van der Waals surface area (Å²) in [5.41, 5.74) is 1.82. The van der Waals surface area contributed by atoms with E-state index in [1.165, 1.54) is 18.9 Å². The van der Waals surface area contributed by atoms with Gasteiger partial charge in [0, 0.05) is 19.3 Å². The number of amides is 1. The molecule has 8 nitrogen and oxygen atoms in total. The average Bonchev–Trinajstić information content (AvgIpc) is 2.92. The van der Waals surface area contributed by atoms with Crippen LogP contribution in [0.25, 0.3) is 11.2 Å². The molecule has 3 rings (SSSR count). The topological polar surface area (TPSA) is 98.5 Å². The second-order valence-electron chi connectivity index (χ2n) is 4.02. The molecule has 0 fully saturated rings. The Bertz CT molecular complexity index is 725. The van der Waals surface area contributed by atoms with E-state index in [4.69, 9.17) is 0 Å². The van der Waals surface area contributed by atoms with Crippen molar-refractivity contribution in [2.24, 2.45) is 0 Å². The van der Waals surface area contributed by atoms with Crippen molar-refractivity contribution in [2.75, 3.05) is 6.54 Å². The van der Waals surface area contributed by atoms with Crippen LogP contribution in [-0.2, 0) is 6.54 Å². The van der Waals surface area contributed by atoms with E-state index < -0.39 is 0 Å². The van der Waals surface area contributed by atoms with E-state index in [-0.39, 0.29) is 5.91 Å². The number of carbonyl (C=O) groups excluding carboxylic acids is 1. The summed E-state index contributed by atoms with van der Waals surface area (Å²) in [5, 5.41) is 2.78. The third-order valence-corrected chi connectivity index (χ3v) is 2.75. The lowest BCUT2D eigenvalue weighted by Gasteiger charge is -2.05. The normalized spacial score (nSPS) is 10.6. The summed E-state index contributed by atoms with van der Waals surface area (Å²) in [7, 11) is 0. The van der Waals surface area contributed by atoms with E-state index in [2.05, 4.69) is 30.2 Å². The molecule has 0 aliphatic heterocycles. The van der Waals surface area contributed by atoms with Crippen molar-refractivity contribution >= 4 is 17.1 Å². The highest BCUT2D eigenvalue weighted by molar-refractivity contribution is 5.91. The van der Waals surface area contributed by atoms with Crippen LogP contribution in [0.4, 0.5) is 0 Å². The maximum Gasteiger partial charge on any atom is 0.270 e. The van der Waals surface area contributed by atoms with Crippen LogP contribution >= 0.6 is 0 Å². The molecule has 0 aliphatic rings. The molecular weight excluding hydrogens is 258 g/mol. The summed E-state index contributed by atoms with van der Waals surface area (Å²) in [6.45, 7) is 1.05. The Balaban J connectivity index is 1.62. The largest absolute Gasteiger partial charge is 0.349 e. The number of rotatable bonds is 4. The fraction of sp³-hybridized carbons (Fsp3) is 0.167. The summed E-state index contributed by atoms with van der Waals surface area (Å²) in [6, 6.07) is 1.57. The molecule has 0 radical (unpaired) electrons. The van der Waals surface area contributed by atoms with E-state index in [9.17, 15) is 4.79 Å². The first-order valence-corrected chi connectivity index (χ1v) is 5.99. The molecule has 3 aromatic rings. The van der Waals surface area contributed by atoms with Gasteiger partial charge in [0.2, 0.25) is 0 Å². The number of imidazole rings is 1. The standard InChI is InChI=1S/C12H11N7O/c20-12(9-1-2-13-6-16-9)15-3-4-19-8-18-11-10(19)5-14-7-17-11/h1-2,5-8H,3-4H2,(H,15,20). The zero-order valence-corrected chi connectivity index (χ0v) is 10.5. The molecule has 1 amide bonds. The highest BCUT2D eigenvalue weighted by atomic mass is 16.1. The lowest BCUT2D eigenvalue weighted by atomic mass is 10.4. The smallest absolute Gasteiger partial charge is 0.270 e. The van der Waals surface area contributed by atoms with Gasteiger partial charge in [-0.05, 0) is 6.07 Å². The number of aromatic nitrogens is 6.